The molecule has 0 radical (unpaired) electrons. The molecule has 1 atom stereocenters. The SMILES string of the molecule is CCn1nc(C2CC2)cc1Nc1nc(C(=O)NCCCn2cnc(CCc3cccc4c3CN(C3CCC(=O)NC3=O)C4=O)c2)nc2[nH]c3cc(-c4c(C)noc4C)c(OC)cc3c12. The smallest absolute Gasteiger partial charge is 0.289 e. The van der Waals surface area contributed by atoms with E-state index in [-0.39, 0.29) is 24.1 Å². The molecule has 2 aromatic carbocycles. The van der Waals surface area contributed by atoms with Crippen molar-refractivity contribution in [1.82, 2.24) is 55.0 Å². The number of methoxy groups -OCH3 is 1. The lowest BCUT2D eigenvalue weighted by atomic mass is 9.99. The molecular formula is C46H48N12O6. The lowest BCUT2D eigenvalue weighted by Gasteiger charge is -2.29. The third-order valence-corrected chi connectivity index (χ3v) is 12.5. The number of anilines is 2. The molecular weight excluding hydrogens is 817 g/mol. The maximum atomic E-state index is 13.8. The lowest BCUT2D eigenvalue weighted by Crippen LogP contribution is -2.52. The first-order chi connectivity index (χ1) is 31.1. The number of aromatic nitrogens is 8. The van der Waals surface area contributed by atoms with Crippen LogP contribution in [0.3, 0.4) is 0 Å². The second kappa shape index (κ2) is 16.4. The van der Waals surface area contributed by atoms with Crippen molar-refractivity contribution < 1.29 is 28.4 Å². The minimum absolute atomic E-state index is 0.0173. The van der Waals surface area contributed by atoms with Crippen LogP contribution in [0.2, 0.25) is 0 Å². The number of aromatic amines is 1. The normalized spacial score (nSPS) is 16.2. The maximum absolute atomic E-state index is 13.8. The summed E-state index contributed by atoms with van der Waals surface area (Å²) in [5, 5.41) is 19.4. The van der Waals surface area contributed by atoms with Crippen LogP contribution in [0.25, 0.3) is 33.1 Å². The highest BCUT2D eigenvalue weighted by molar-refractivity contribution is 6.14. The van der Waals surface area contributed by atoms with E-state index in [1.807, 2.05) is 60.5 Å². The number of carbonyl (C=O) groups excluding carboxylic acids is 4. The molecule has 1 saturated heterocycles. The molecule has 1 saturated carbocycles. The van der Waals surface area contributed by atoms with E-state index in [2.05, 4.69) is 37.1 Å². The van der Waals surface area contributed by atoms with Crippen LogP contribution in [0.1, 0.15) is 99.9 Å². The molecule has 10 rings (SSSR count). The van der Waals surface area contributed by atoms with Crippen molar-refractivity contribution in [1.29, 1.82) is 0 Å². The maximum Gasteiger partial charge on any atom is 0.289 e. The number of carbonyl (C=O) groups is 4. The fourth-order valence-corrected chi connectivity index (χ4v) is 9.07. The first-order valence-corrected chi connectivity index (χ1v) is 21.8. The Labute approximate surface area is 367 Å². The molecule has 4 N–H and O–H groups in total. The van der Waals surface area contributed by atoms with Crippen LogP contribution in [0.4, 0.5) is 11.6 Å². The van der Waals surface area contributed by atoms with E-state index in [0.717, 1.165) is 68.9 Å². The molecule has 328 valence electrons. The summed E-state index contributed by atoms with van der Waals surface area (Å²) in [6.45, 7) is 7.79. The molecule has 3 aliphatic rings. The highest BCUT2D eigenvalue weighted by atomic mass is 16.5. The lowest BCUT2D eigenvalue weighted by molar-refractivity contribution is -0.136. The summed E-state index contributed by atoms with van der Waals surface area (Å²) >= 11 is 0. The topological polar surface area (TPSA) is 220 Å². The molecule has 1 unspecified atom stereocenters. The van der Waals surface area contributed by atoms with Gasteiger partial charge in [-0.1, -0.05) is 17.3 Å². The Hall–Kier alpha value is -7.37. The Bertz CT molecular complexity index is 2990. The average molecular weight is 865 g/mol. The summed E-state index contributed by atoms with van der Waals surface area (Å²) in [6.07, 6.45) is 8.53. The van der Waals surface area contributed by atoms with Crippen molar-refractivity contribution >= 4 is 57.2 Å². The zero-order valence-electron chi connectivity index (χ0n) is 36.1. The minimum atomic E-state index is -0.654. The fraction of sp³-hybridized carbons (Fsp3) is 0.370. The van der Waals surface area contributed by atoms with Gasteiger partial charge >= 0.3 is 0 Å². The Kier molecular flexibility index (Phi) is 10.4. The number of imidazole rings is 1. The Balaban J connectivity index is 0.828. The van der Waals surface area contributed by atoms with E-state index in [9.17, 15) is 19.2 Å². The van der Waals surface area contributed by atoms with Crippen molar-refractivity contribution in [3.8, 4) is 16.9 Å². The van der Waals surface area contributed by atoms with Crippen molar-refractivity contribution in [2.24, 2.45) is 0 Å². The molecule has 18 nitrogen and oxygen atoms in total. The summed E-state index contributed by atoms with van der Waals surface area (Å²) in [5.74, 6) is 1.71. The third kappa shape index (κ3) is 7.51. The van der Waals surface area contributed by atoms with E-state index in [0.29, 0.717) is 91.7 Å². The largest absolute Gasteiger partial charge is 0.496 e. The van der Waals surface area contributed by atoms with Crippen molar-refractivity contribution in [3.05, 3.63) is 94.3 Å². The van der Waals surface area contributed by atoms with Crippen LogP contribution < -0.4 is 20.7 Å². The van der Waals surface area contributed by atoms with Gasteiger partial charge in [-0.3, -0.25) is 24.5 Å². The number of imide groups is 1. The predicted octanol–water partition coefficient (Wildman–Crippen LogP) is 5.79. The summed E-state index contributed by atoms with van der Waals surface area (Å²) in [6, 6.07) is 11.0. The summed E-state index contributed by atoms with van der Waals surface area (Å²) < 4.78 is 15.3. The van der Waals surface area contributed by atoms with Gasteiger partial charge in [0.25, 0.3) is 11.8 Å². The standard InChI is InChI=1S/C46H48N12O6/c1-5-58-37(20-33(54-58)27-10-11-27)50-42-40-30-19-36(63-4)31(39-24(2)55-64-25(39)3)18-34(30)49-41(40)52-43(53-42)45(61)47-16-7-17-56-21-28(48-23-56)13-12-26-8-6-9-29-32(26)22-57(46(29)62)35-14-15-38(59)51-44(35)60/h6,8-9,18-21,23,27,35H,5,7,10-17,22H2,1-4H3,(H,47,61)(H,51,59,60)(H2,49,50,52,53). The van der Waals surface area contributed by atoms with E-state index in [4.69, 9.17) is 24.3 Å². The number of ether oxygens (including phenoxy) is 1. The first-order valence-electron chi connectivity index (χ1n) is 21.8. The molecule has 18 heteroatoms. The Morgan fingerprint density at radius 2 is 1.91 bits per heavy atom. The van der Waals surface area contributed by atoms with Gasteiger partial charge < -0.3 is 34.3 Å². The number of aryl methyl sites for hydroxylation is 6. The van der Waals surface area contributed by atoms with Gasteiger partial charge in [0.15, 0.2) is 0 Å². The molecule has 2 fully saturated rings. The molecule has 2 aliphatic heterocycles. The van der Waals surface area contributed by atoms with Crippen LogP contribution in [0.15, 0.2) is 53.4 Å². The van der Waals surface area contributed by atoms with E-state index in [1.165, 1.54) is 0 Å². The van der Waals surface area contributed by atoms with Gasteiger partial charge in [0.1, 0.15) is 34.8 Å². The predicted molar refractivity (Wildman–Crippen MR) is 235 cm³/mol. The quantitative estimate of drug-likeness (QED) is 0.0711. The molecule has 1 aliphatic carbocycles. The van der Waals surface area contributed by atoms with Crippen LogP contribution in [0, 0.1) is 13.8 Å². The molecule has 5 aromatic heterocycles. The van der Waals surface area contributed by atoms with Gasteiger partial charge in [0.05, 0.1) is 41.5 Å². The number of rotatable bonds is 15. The van der Waals surface area contributed by atoms with Gasteiger partial charge in [-0.15, -0.1) is 0 Å². The first kappa shape index (κ1) is 40.7. The monoisotopic (exact) mass is 864 g/mol. The van der Waals surface area contributed by atoms with Gasteiger partial charge in [-0.05, 0) is 88.6 Å². The van der Waals surface area contributed by atoms with Crippen molar-refractivity contribution in [2.75, 3.05) is 19.0 Å². The Morgan fingerprint density at radius 3 is 2.67 bits per heavy atom. The number of benzene rings is 2. The van der Waals surface area contributed by atoms with Gasteiger partial charge in [0, 0.05) is 72.8 Å². The number of hydrogen-bond donors (Lipinski definition) is 4. The molecule has 0 bridgehead atoms. The summed E-state index contributed by atoms with van der Waals surface area (Å²) in [7, 11) is 1.63. The van der Waals surface area contributed by atoms with Crippen LogP contribution in [-0.2, 0) is 42.1 Å². The minimum Gasteiger partial charge on any atom is -0.496 e. The number of hydrogen-bond acceptors (Lipinski definition) is 12. The average Bonchev–Trinajstić information content (AvgIpc) is 3.55. The number of amides is 4. The number of nitrogens with one attached hydrogen (secondary N) is 4. The third-order valence-electron chi connectivity index (χ3n) is 12.5. The highest BCUT2D eigenvalue weighted by Gasteiger charge is 2.40. The number of nitrogens with zero attached hydrogens (tertiary/aromatic N) is 8. The second-order valence-electron chi connectivity index (χ2n) is 16.8. The molecule has 0 spiro atoms. The Morgan fingerprint density at radius 1 is 1.05 bits per heavy atom. The summed E-state index contributed by atoms with van der Waals surface area (Å²) in [4.78, 5) is 70.6. The zero-order chi connectivity index (χ0) is 44.2. The zero-order valence-corrected chi connectivity index (χ0v) is 36.1. The number of fused-ring (bicyclic) bond motifs is 4. The number of H-pyrrole nitrogens is 1. The van der Waals surface area contributed by atoms with Crippen LogP contribution in [-0.4, -0.2) is 87.7 Å². The molecule has 7 heterocycles. The van der Waals surface area contributed by atoms with Gasteiger partial charge in [-0.25, -0.2) is 19.6 Å². The molecule has 7 aromatic rings. The second-order valence-corrected chi connectivity index (χ2v) is 16.8. The van der Waals surface area contributed by atoms with E-state index < -0.39 is 17.9 Å². The van der Waals surface area contributed by atoms with Crippen LogP contribution in [0.5, 0.6) is 5.75 Å². The van der Waals surface area contributed by atoms with Crippen molar-refractivity contribution in [2.45, 2.75) is 97.3 Å². The fourth-order valence-electron chi connectivity index (χ4n) is 9.07. The molecule has 4 amide bonds. The van der Waals surface area contributed by atoms with Crippen LogP contribution >= 0.6 is 0 Å². The summed E-state index contributed by atoms with van der Waals surface area (Å²) in [5.41, 5.74) is 8.18. The van der Waals surface area contributed by atoms with Crippen molar-refractivity contribution in [3.63, 3.8) is 0 Å². The van der Waals surface area contributed by atoms with E-state index in [1.54, 1.807) is 24.4 Å². The number of piperidine rings is 1. The molecule has 64 heavy (non-hydrogen) atoms. The van der Waals surface area contributed by atoms with E-state index >= 15 is 0 Å². The van der Waals surface area contributed by atoms with Gasteiger partial charge in [0.2, 0.25) is 17.6 Å². The highest BCUT2D eigenvalue weighted by Crippen LogP contribution is 2.43. The van der Waals surface area contributed by atoms with Gasteiger partial charge in [-0.2, -0.15) is 5.10 Å².